The summed E-state index contributed by atoms with van der Waals surface area (Å²) in [6.07, 6.45) is -0.570. The van der Waals surface area contributed by atoms with Gasteiger partial charge in [-0.2, -0.15) is 0 Å². The Bertz CT molecular complexity index is 417. The molecule has 0 aromatic carbocycles. The Labute approximate surface area is 109 Å². The van der Waals surface area contributed by atoms with E-state index in [2.05, 4.69) is 11.9 Å². The zero-order chi connectivity index (χ0) is 14.4. The van der Waals surface area contributed by atoms with Gasteiger partial charge in [0.2, 0.25) is 0 Å². The molecule has 108 valence electrons. The monoisotopic (exact) mass is 275 g/mol. The molecule has 7 nitrogen and oxygen atoms in total. The van der Waals surface area contributed by atoms with Crippen molar-refractivity contribution in [3.05, 3.63) is 24.7 Å². The standard InChI is InChI=1S/C11H18FN3O4/c1-6-14-7(13)3-4-15(6)9-10(2,18)8(17)11(12,5-16)19-9/h3-4,7-9,14,16-18H,1,5,13H2,2H3/t7?,8-,9+,10+,11+/m0/s1. The zero-order valence-electron chi connectivity index (χ0n) is 10.5. The summed E-state index contributed by atoms with van der Waals surface area (Å²) in [7, 11) is 0. The number of nitrogens with zero attached hydrogens (tertiary/aromatic N) is 1. The third kappa shape index (κ3) is 2.11. The molecule has 0 spiro atoms. The van der Waals surface area contributed by atoms with Crippen LogP contribution in [-0.4, -0.2) is 56.8 Å². The highest BCUT2D eigenvalue weighted by Gasteiger charge is 2.63. The van der Waals surface area contributed by atoms with Gasteiger partial charge in [0, 0.05) is 6.20 Å². The maximum atomic E-state index is 14.1. The van der Waals surface area contributed by atoms with Crippen molar-refractivity contribution in [1.29, 1.82) is 0 Å². The molecule has 0 aromatic heterocycles. The lowest BCUT2D eigenvalue weighted by Crippen LogP contribution is -2.55. The van der Waals surface area contributed by atoms with Gasteiger partial charge in [0.05, 0.1) is 6.17 Å². The van der Waals surface area contributed by atoms with Crippen LogP contribution in [0.3, 0.4) is 0 Å². The van der Waals surface area contributed by atoms with Gasteiger partial charge in [0.15, 0.2) is 6.23 Å². The minimum atomic E-state index is -2.73. The second kappa shape index (κ2) is 4.43. The maximum Gasteiger partial charge on any atom is 0.263 e. The molecule has 0 amide bonds. The number of alkyl halides is 1. The molecule has 2 rings (SSSR count). The predicted molar refractivity (Wildman–Crippen MR) is 63.7 cm³/mol. The summed E-state index contributed by atoms with van der Waals surface area (Å²) in [5.41, 5.74) is 3.67. The summed E-state index contributed by atoms with van der Waals surface area (Å²) < 4.78 is 19.1. The fourth-order valence-electron chi connectivity index (χ4n) is 2.21. The van der Waals surface area contributed by atoms with E-state index in [1.165, 1.54) is 18.0 Å². The molecule has 0 aromatic rings. The summed E-state index contributed by atoms with van der Waals surface area (Å²) in [4.78, 5) is 1.31. The highest BCUT2D eigenvalue weighted by atomic mass is 19.2. The zero-order valence-corrected chi connectivity index (χ0v) is 10.5. The van der Waals surface area contributed by atoms with Crippen molar-refractivity contribution in [3.63, 3.8) is 0 Å². The van der Waals surface area contributed by atoms with E-state index >= 15 is 0 Å². The van der Waals surface area contributed by atoms with Gasteiger partial charge in [-0.15, -0.1) is 0 Å². The predicted octanol–water partition coefficient (Wildman–Crippen LogP) is -1.71. The Balaban J connectivity index is 2.30. The summed E-state index contributed by atoms with van der Waals surface area (Å²) in [6, 6.07) is 0. The van der Waals surface area contributed by atoms with Gasteiger partial charge in [0.1, 0.15) is 24.1 Å². The number of halogens is 1. The van der Waals surface area contributed by atoms with Crippen LogP contribution in [0.4, 0.5) is 4.39 Å². The van der Waals surface area contributed by atoms with Crippen molar-refractivity contribution < 1.29 is 24.4 Å². The van der Waals surface area contributed by atoms with Crippen molar-refractivity contribution in [2.24, 2.45) is 5.73 Å². The van der Waals surface area contributed by atoms with Gasteiger partial charge in [-0.25, -0.2) is 4.39 Å². The smallest absolute Gasteiger partial charge is 0.263 e. The largest absolute Gasteiger partial charge is 0.390 e. The molecule has 1 unspecified atom stereocenters. The van der Waals surface area contributed by atoms with Crippen LogP contribution < -0.4 is 11.1 Å². The molecular formula is C11H18FN3O4. The molecule has 2 aliphatic heterocycles. The van der Waals surface area contributed by atoms with E-state index in [9.17, 15) is 14.6 Å². The molecule has 1 saturated heterocycles. The minimum Gasteiger partial charge on any atom is -0.390 e. The van der Waals surface area contributed by atoms with Gasteiger partial charge < -0.3 is 36.0 Å². The van der Waals surface area contributed by atoms with Gasteiger partial charge in [-0.3, -0.25) is 0 Å². The fourth-order valence-corrected chi connectivity index (χ4v) is 2.21. The number of rotatable bonds is 2. The molecule has 0 radical (unpaired) electrons. The number of hydrogen-bond acceptors (Lipinski definition) is 7. The Morgan fingerprint density at radius 3 is 2.79 bits per heavy atom. The number of nitrogens with two attached hydrogens (primary N) is 1. The molecule has 0 saturated carbocycles. The van der Waals surface area contributed by atoms with Crippen molar-refractivity contribution in [1.82, 2.24) is 10.2 Å². The molecule has 19 heavy (non-hydrogen) atoms. The second-order valence-corrected chi connectivity index (χ2v) is 4.91. The highest BCUT2D eigenvalue weighted by molar-refractivity contribution is 5.15. The van der Waals surface area contributed by atoms with Crippen LogP contribution in [0, 0.1) is 0 Å². The lowest BCUT2D eigenvalue weighted by molar-refractivity contribution is -0.210. The van der Waals surface area contributed by atoms with Gasteiger partial charge in [0.25, 0.3) is 5.85 Å². The van der Waals surface area contributed by atoms with Crippen molar-refractivity contribution >= 4 is 0 Å². The highest BCUT2D eigenvalue weighted by Crippen LogP contribution is 2.41. The van der Waals surface area contributed by atoms with Gasteiger partial charge in [-0.05, 0) is 13.0 Å². The topological polar surface area (TPSA) is 111 Å². The van der Waals surface area contributed by atoms with Crippen LogP contribution in [-0.2, 0) is 4.74 Å². The first-order chi connectivity index (χ1) is 8.72. The maximum absolute atomic E-state index is 14.1. The molecule has 0 bridgehead atoms. The average Bonchev–Trinajstić information content (AvgIpc) is 2.51. The Morgan fingerprint density at radius 2 is 2.32 bits per heavy atom. The molecular weight excluding hydrogens is 257 g/mol. The Morgan fingerprint density at radius 1 is 1.68 bits per heavy atom. The number of aliphatic hydroxyl groups is 3. The second-order valence-electron chi connectivity index (χ2n) is 4.91. The first kappa shape index (κ1) is 14.2. The number of aliphatic hydroxyl groups excluding tert-OH is 2. The van der Waals surface area contributed by atoms with Crippen LogP contribution >= 0.6 is 0 Å². The Hall–Kier alpha value is -1.19. The van der Waals surface area contributed by atoms with Crippen LogP contribution in [0.2, 0.25) is 0 Å². The Kier molecular flexibility index (Phi) is 3.31. The van der Waals surface area contributed by atoms with E-state index in [0.29, 0.717) is 0 Å². The number of nitrogens with one attached hydrogen (secondary N) is 1. The molecule has 8 heteroatoms. The summed E-state index contributed by atoms with van der Waals surface area (Å²) >= 11 is 0. The summed E-state index contributed by atoms with van der Waals surface area (Å²) in [5.74, 6) is -2.45. The SMILES string of the molecule is C=C1NC(N)C=CN1[C@@H]1O[C@](F)(CO)[C@@H](O)[C@@]1(C)O. The van der Waals surface area contributed by atoms with E-state index in [4.69, 9.17) is 15.6 Å². The van der Waals surface area contributed by atoms with Gasteiger partial charge >= 0.3 is 0 Å². The van der Waals surface area contributed by atoms with E-state index in [1.807, 2.05) is 0 Å². The van der Waals surface area contributed by atoms with Crippen LogP contribution in [0.5, 0.6) is 0 Å². The van der Waals surface area contributed by atoms with Gasteiger partial charge in [-0.1, -0.05) is 6.58 Å². The lowest BCUT2D eigenvalue weighted by Gasteiger charge is -2.38. The van der Waals surface area contributed by atoms with Crippen LogP contribution in [0.1, 0.15) is 6.92 Å². The van der Waals surface area contributed by atoms with E-state index < -0.39 is 36.6 Å². The first-order valence-electron chi connectivity index (χ1n) is 5.78. The van der Waals surface area contributed by atoms with Crippen molar-refractivity contribution in [2.45, 2.75) is 36.9 Å². The number of hydrogen-bond donors (Lipinski definition) is 5. The number of ether oxygens (including phenoxy) is 1. The minimum absolute atomic E-state index is 0.287. The third-order valence-corrected chi connectivity index (χ3v) is 3.34. The fraction of sp³-hybridized carbons (Fsp3) is 0.636. The van der Waals surface area contributed by atoms with E-state index in [0.717, 1.165) is 0 Å². The van der Waals surface area contributed by atoms with Crippen LogP contribution in [0.25, 0.3) is 0 Å². The summed E-state index contributed by atoms with van der Waals surface area (Å²) in [5, 5.41) is 31.8. The van der Waals surface area contributed by atoms with Crippen molar-refractivity contribution in [3.8, 4) is 0 Å². The first-order valence-corrected chi connectivity index (χ1v) is 5.78. The van der Waals surface area contributed by atoms with Crippen LogP contribution in [0.15, 0.2) is 24.7 Å². The van der Waals surface area contributed by atoms with Crippen molar-refractivity contribution in [2.75, 3.05) is 6.61 Å². The lowest BCUT2D eigenvalue weighted by atomic mass is 9.95. The average molecular weight is 275 g/mol. The molecule has 2 aliphatic rings. The molecule has 6 N–H and O–H groups in total. The molecule has 1 fully saturated rings. The van der Waals surface area contributed by atoms with E-state index in [-0.39, 0.29) is 5.82 Å². The third-order valence-electron chi connectivity index (χ3n) is 3.34. The summed E-state index contributed by atoms with van der Waals surface area (Å²) in [6.45, 7) is 3.83. The molecule has 2 heterocycles. The van der Waals surface area contributed by atoms with E-state index in [1.54, 1.807) is 6.08 Å². The quantitative estimate of drug-likeness (QED) is 0.408. The molecule has 5 atom stereocenters. The molecule has 0 aliphatic carbocycles. The normalized spacial score (nSPS) is 46.5.